The first kappa shape index (κ1) is 12.1. The van der Waals surface area contributed by atoms with E-state index in [2.05, 4.69) is 20.5 Å². The fraction of sp³-hybridized carbons (Fsp3) is 0.556. The Kier molecular flexibility index (Phi) is 4.95. The maximum Gasteiger partial charge on any atom is 0.323 e. The molecule has 0 saturated carbocycles. The Labute approximate surface area is 93.9 Å². The summed E-state index contributed by atoms with van der Waals surface area (Å²) >= 11 is 0. The van der Waals surface area contributed by atoms with Crippen LogP contribution in [0.3, 0.4) is 0 Å². The summed E-state index contributed by atoms with van der Waals surface area (Å²) in [5.41, 5.74) is 0. The molecule has 0 radical (unpaired) electrons. The number of amides is 2. The predicted octanol–water partition coefficient (Wildman–Crippen LogP) is -0.476. The molecular weight excluding hydrogens is 208 g/mol. The first-order chi connectivity index (χ1) is 7.79. The minimum atomic E-state index is -0.277. The highest BCUT2D eigenvalue weighted by molar-refractivity contribution is 5.88. The van der Waals surface area contributed by atoms with Crippen LogP contribution in [0, 0.1) is 12.0 Å². The number of aliphatic imine (C=N–C) groups is 1. The van der Waals surface area contributed by atoms with Gasteiger partial charge in [0.15, 0.2) is 0 Å². The molecule has 1 heterocycles. The summed E-state index contributed by atoms with van der Waals surface area (Å²) < 4.78 is 0. The van der Waals surface area contributed by atoms with Gasteiger partial charge in [0, 0.05) is 19.6 Å². The standard InChI is InChI=1S/C9H14N6O/c1-11-4-8-5-12-2-3-15(8)9(16)14-7-13-6-10/h6-8,12H,2-5H2,(H2,10,13,14,16)/t8-/m0/s1. The molecule has 86 valence electrons. The van der Waals surface area contributed by atoms with Gasteiger partial charge in [0.25, 0.3) is 0 Å². The van der Waals surface area contributed by atoms with Gasteiger partial charge < -0.3 is 15.1 Å². The normalized spacial score (nSPS) is 20.4. The van der Waals surface area contributed by atoms with E-state index in [1.165, 1.54) is 6.34 Å². The average Bonchev–Trinajstić information content (AvgIpc) is 2.30. The Hall–Kier alpha value is -1.94. The molecular formula is C9H14N6O. The third kappa shape index (κ3) is 3.33. The minimum Gasteiger partial charge on any atom is -0.315 e. The second-order valence-corrected chi connectivity index (χ2v) is 3.25. The van der Waals surface area contributed by atoms with Crippen molar-refractivity contribution in [3.8, 4) is 0 Å². The van der Waals surface area contributed by atoms with Crippen LogP contribution in [0.15, 0.2) is 4.99 Å². The summed E-state index contributed by atoms with van der Waals surface area (Å²) in [4.78, 5) is 20.1. The number of carbonyl (C=O) groups is 1. The van der Waals surface area contributed by atoms with Gasteiger partial charge in [0.05, 0.1) is 6.34 Å². The smallest absolute Gasteiger partial charge is 0.315 e. The van der Waals surface area contributed by atoms with Crippen LogP contribution < -0.4 is 10.6 Å². The van der Waals surface area contributed by atoms with Gasteiger partial charge in [-0.1, -0.05) is 0 Å². The number of urea groups is 1. The molecule has 0 spiro atoms. The largest absolute Gasteiger partial charge is 0.323 e. The third-order valence-corrected chi connectivity index (χ3v) is 2.25. The fourth-order valence-electron chi connectivity index (χ4n) is 1.51. The highest BCUT2D eigenvalue weighted by Gasteiger charge is 2.28. The lowest BCUT2D eigenvalue weighted by Crippen LogP contribution is -2.57. The van der Waals surface area contributed by atoms with Crippen molar-refractivity contribution in [2.75, 3.05) is 26.2 Å². The Morgan fingerprint density at radius 2 is 2.62 bits per heavy atom. The summed E-state index contributed by atoms with van der Waals surface area (Å²) in [7, 11) is 0. The Bertz CT molecular complexity index is 320. The summed E-state index contributed by atoms with van der Waals surface area (Å²) in [6.45, 7) is 9.05. The molecule has 1 atom stereocenters. The third-order valence-electron chi connectivity index (χ3n) is 2.25. The number of rotatable bonds is 3. The molecule has 1 aliphatic rings. The lowest BCUT2D eigenvalue weighted by atomic mass is 10.2. The summed E-state index contributed by atoms with van der Waals surface area (Å²) in [5, 5.41) is 12.3. The number of piperazine rings is 1. The molecule has 0 aromatic carbocycles. The highest BCUT2D eigenvalue weighted by atomic mass is 16.2. The van der Waals surface area contributed by atoms with E-state index in [9.17, 15) is 4.79 Å². The van der Waals surface area contributed by atoms with Gasteiger partial charge in [-0.05, 0) is 0 Å². The molecule has 1 rings (SSSR count). The van der Waals surface area contributed by atoms with Crippen LogP contribution in [0.2, 0.25) is 0 Å². The van der Waals surface area contributed by atoms with Crippen molar-refractivity contribution in [1.82, 2.24) is 15.5 Å². The molecule has 1 fully saturated rings. The van der Waals surface area contributed by atoms with Gasteiger partial charge in [-0.2, -0.15) is 0 Å². The Morgan fingerprint density at radius 1 is 1.81 bits per heavy atom. The summed E-state index contributed by atoms with van der Waals surface area (Å²) in [5.74, 6) is 0. The first-order valence-electron chi connectivity index (χ1n) is 4.91. The van der Waals surface area contributed by atoms with Crippen LogP contribution in [-0.2, 0) is 0 Å². The first-order valence-corrected chi connectivity index (χ1v) is 4.91. The number of nitrogens with zero attached hydrogens (tertiary/aromatic N) is 3. The van der Waals surface area contributed by atoms with Gasteiger partial charge in [0.2, 0.25) is 6.54 Å². The van der Waals surface area contributed by atoms with E-state index >= 15 is 0 Å². The zero-order valence-corrected chi connectivity index (χ0v) is 8.81. The van der Waals surface area contributed by atoms with E-state index in [0.29, 0.717) is 19.6 Å². The van der Waals surface area contributed by atoms with Gasteiger partial charge in [-0.15, -0.1) is 0 Å². The zero-order valence-electron chi connectivity index (χ0n) is 8.81. The monoisotopic (exact) mass is 222 g/mol. The highest BCUT2D eigenvalue weighted by Crippen LogP contribution is 2.03. The van der Waals surface area contributed by atoms with E-state index in [1.807, 2.05) is 0 Å². The Morgan fingerprint density at radius 3 is 3.31 bits per heavy atom. The van der Waals surface area contributed by atoms with E-state index < -0.39 is 0 Å². The summed E-state index contributed by atoms with van der Waals surface area (Å²) in [6, 6.07) is -0.375. The van der Waals surface area contributed by atoms with E-state index in [0.717, 1.165) is 12.9 Å². The molecule has 0 aromatic heterocycles. The lowest BCUT2D eigenvalue weighted by molar-refractivity contribution is 0.168. The van der Waals surface area contributed by atoms with Crippen LogP contribution in [0.4, 0.5) is 4.79 Å². The lowest BCUT2D eigenvalue weighted by Gasteiger charge is -2.32. The van der Waals surface area contributed by atoms with Crippen molar-refractivity contribution in [2.24, 2.45) is 4.99 Å². The zero-order chi connectivity index (χ0) is 11.8. The van der Waals surface area contributed by atoms with Crippen LogP contribution in [0.25, 0.3) is 4.85 Å². The molecule has 3 N–H and O–H groups in total. The topological polar surface area (TPSA) is 84.9 Å². The van der Waals surface area contributed by atoms with Crippen molar-refractivity contribution >= 4 is 18.7 Å². The van der Waals surface area contributed by atoms with Crippen LogP contribution in [0.5, 0.6) is 0 Å². The Balaban J connectivity index is 2.53. The van der Waals surface area contributed by atoms with Gasteiger partial charge >= 0.3 is 6.03 Å². The molecule has 2 amide bonds. The van der Waals surface area contributed by atoms with E-state index in [-0.39, 0.29) is 12.1 Å². The van der Waals surface area contributed by atoms with Gasteiger partial charge in [-0.25, -0.2) is 16.4 Å². The fourth-order valence-corrected chi connectivity index (χ4v) is 1.51. The van der Waals surface area contributed by atoms with Crippen LogP contribution in [-0.4, -0.2) is 55.8 Å². The number of hydrogen-bond donors (Lipinski definition) is 3. The van der Waals surface area contributed by atoms with Crippen molar-refractivity contribution in [3.05, 3.63) is 11.4 Å². The quantitative estimate of drug-likeness (QED) is 0.342. The molecule has 0 unspecified atom stereocenters. The van der Waals surface area contributed by atoms with Crippen LogP contribution in [0.1, 0.15) is 0 Å². The van der Waals surface area contributed by atoms with Gasteiger partial charge in [-0.3, -0.25) is 10.7 Å². The second kappa shape index (κ2) is 6.53. The van der Waals surface area contributed by atoms with E-state index in [1.54, 1.807) is 4.90 Å². The minimum absolute atomic E-state index is 0.0976. The number of carbonyl (C=O) groups excluding carboxylic acids is 1. The molecule has 0 aromatic rings. The molecule has 1 aliphatic heterocycles. The maximum atomic E-state index is 11.7. The predicted molar refractivity (Wildman–Crippen MR) is 60.6 cm³/mol. The number of hydrogen-bond acceptors (Lipinski definition) is 3. The molecule has 1 saturated heterocycles. The molecule has 7 nitrogen and oxygen atoms in total. The molecule has 0 aliphatic carbocycles. The van der Waals surface area contributed by atoms with Crippen molar-refractivity contribution < 1.29 is 4.79 Å². The molecule has 0 bridgehead atoms. The average molecular weight is 222 g/mol. The maximum absolute atomic E-state index is 11.7. The van der Waals surface area contributed by atoms with Crippen LogP contribution >= 0.6 is 0 Å². The number of nitrogens with one attached hydrogen (secondary N) is 3. The van der Waals surface area contributed by atoms with E-state index in [4.69, 9.17) is 12.0 Å². The van der Waals surface area contributed by atoms with Crippen molar-refractivity contribution in [3.63, 3.8) is 0 Å². The van der Waals surface area contributed by atoms with Crippen molar-refractivity contribution in [1.29, 1.82) is 5.41 Å². The second-order valence-electron chi connectivity index (χ2n) is 3.25. The van der Waals surface area contributed by atoms with Gasteiger partial charge in [0.1, 0.15) is 12.4 Å². The molecule has 7 heteroatoms. The summed E-state index contributed by atoms with van der Waals surface area (Å²) in [6.07, 6.45) is 2.01. The molecule has 16 heavy (non-hydrogen) atoms. The van der Waals surface area contributed by atoms with Crippen molar-refractivity contribution in [2.45, 2.75) is 6.04 Å². The SMILES string of the molecule is [C-]#[N+]C[C@H]1CNCCN1C(=O)NC=NC=N.